The molecule has 1 aliphatic heterocycles. The summed E-state index contributed by atoms with van der Waals surface area (Å²) in [5.74, 6) is 0. The van der Waals surface area contributed by atoms with E-state index in [2.05, 4.69) is 0 Å². The van der Waals surface area contributed by atoms with Gasteiger partial charge in [-0.2, -0.15) is 0 Å². The van der Waals surface area contributed by atoms with Gasteiger partial charge in [0.25, 0.3) is 0 Å². The molecule has 1 fully saturated rings. The highest BCUT2D eigenvalue weighted by atomic mass is 28.5. The predicted molar refractivity (Wildman–Crippen MR) is 58.6 cm³/mol. The van der Waals surface area contributed by atoms with Gasteiger partial charge in [0.05, 0.1) is 0 Å². The molecule has 3 N–H and O–H groups in total. The average Bonchev–Trinajstić information content (AvgIpc) is 2.16. The van der Waals surface area contributed by atoms with Gasteiger partial charge in [-0.3, -0.25) is 0 Å². The molecular weight excluding hydrogens is 252 g/mol. The molecule has 0 atom stereocenters. The Balaban J connectivity index is 2.92. The summed E-state index contributed by atoms with van der Waals surface area (Å²) in [6.45, 7) is 5.10. The van der Waals surface area contributed by atoms with Gasteiger partial charge in [-0.05, 0) is 0 Å². The summed E-state index contributed by atoms with van der Waals surface area (Å²) in [4.78, 5) is 29.9. The van der Waals surface area contributed by atoms with Gasteiger partial charge < -0.3 is 26.7 Å². The first-order valence-corrected chi connectivity index (χ1v) is 11.0. The van der Waals surface area contributed by atoms with Crippen LogP contribution in [-0.2, 0) is 12.3 Å². The molecule has 1 saturated heterocycles. The van der Waals surface area contributed by atoms with Crippen molar-refractivity contribution in [2.45, 2.75) is 38.9 Å². The zero-order valence-electron chi connectivity index (χ0n) is 9.19. The van der Waals surface area contributed by atoms with Gasteiger partial charge in [-0.15, -0.1) is 0 Å². The lowest BCUT2D eigenvalue weighted by Crippen LogP contribution is -2.70. The molecule has 1 rings (SSSR count). The van der Waals surface area contributed by atoms with Crippen molar-refractivity contribution < 1.29 is 26.7 Å². The normalized spacial score (nSPS) is 46.8. The average molecular weight is 270 g/mol. The van der Waals surface area contributed by atoms with Gasteiger partial charge in [0.2, 0.25) is 0 Å². The molecule has 0 aliphatic carbocycles. The van der Waals surface area contributed by atoms with Crippen molar-refractivity contribution in [1.29, 1.82) is 0 Å². The molecule has 15 heavy (non-hydrogen) atoms. The van der Waals surface area contributed by atoms with E-state index in [4.69, 9.17) is 12.3 Å². The second kappa shape index (κ2) is 4.35. The first-order valence-electron chi connectivity index (χ1n) is 5.08. The molecule has 1 heterocycles. The standard InChI is InChI=1S/C6H18O6Si3/c1-4-13(7)10-14(8,5-2)12-15(9,6-3)11-13/h7-9H,4-6H2,1-3H3. The number of hydrogen-bond donors (Lipinski definition) is 3. The van der Waals surface area contributed by atoms with Gasteiger partial charge in [0, 0.05) is 18.1 Å². The minimum Gasteiger partial charge on any atom is -0.391 e. The highest BCUT2D eigenvalue weighted by molar-refractivity contribution is 6.87. The van der Waals surface area contributed by atoms with Crippen molar-refractivity contribution >= 4 is 26.4 Å². The SMILES string of the molecule is CC[Si]1(O)O[Si](O)(CC)O[Si](O)(CC)O1. The summed E-state index contributed by atoms with van der Waals surface area (Å²) in [5, 5.41) is 0. The summed E-state index contributed by atoms with van der Waals surface area (Å²) < 4.78 is 15.5. The van der Waals surface area contributed by atoms with Crippen molar-refractivity contribution in [3.8, 4) is 0 Å². The van der Waals surface area contributed by atoms with E-state index in [9.17, 15) is 14.4 Å². The zero-order chi connectivity index (χ0) is 11.7. The Morgan fingerprint density at radius 3 is 1.00 bits per heavy atom. The summed E-state index contributed by atoms with van der Waals surface area (Å²) in [6, 6.07) is 0.795. The second-order valence-electron chi connectivity index (χ2n) is 3.50. The third kappa shape index (κ3) is 2.95. The zero-order valence-corrected chi connectivity index (χ0v) is 12.2. The van der Waals surface area contributed by atoms with Crippen molar-refractivity contribution in [2.24, 2.45) is 0 Å². The van der Waals surface area contributed by atoms with Crippen LogP contribution >= 0.6 is 0 Å². The molecule has 0 unspecified atom stereocenters. The lowest BCUT2D eigenvalue weighted by molar-refractivity contribution is 0.0683. The summed E-state index contributed by atoms with van der Waals surface area (Å²) >= 11 is 0. The second-order valence-corrected chi connectivity index (χ2v) is 12.4. The predicted octanol–water partition coefficient (Wildman–Crippen LogP) is -0.0969. The van der Waals surface area contributed by atoms with Crippen LogP contribution < -0.4 is 0 Å². The van der Waals surface area contributed by atoms with Crippen LogP contribution in [0.2, 0.25) is 18.1 Å². The van der Waals surface area contributed by atoms with E-state index in [1.165, 1.54) is 0 Å². The lowest BCUT2D eigenvalue weighted by Gasteiger charge is -2.43. The molecular formula is C6H18O6Si3. The number of hydrogen-bond acceptors (Lipinski definition) is 6. The first kappa shape index (κ1) is 13.5. The Morgan fingerprint density at radius 1 is 0.667 bits per heavy atom. The third-order valence-corrected chi connectivity index (χ3v) is 12.6. The largest absolute Gasteiger partial charge is 0.483 e. The molecule has 0 aromatic rings. The maximum Gasteiger partial charge on any atom is 0.483 e. The molecule has 6 nitrogen and oxygen atoms in total. The van der Waals surface area contributed by atoms with Gasteiger partial charge >= 0.3 is 26.4 Å². The Morgan fingerprint density at radius 2 is 0.867 bits per heavy atom. The summed E-state index contributed by atoms with van der Waals surface area (Å²) in [7, 11) is -10.3. The van der Waals surface area contributed by atoms with Crippen molar-refractivity contribution in [3.05, 3.63) is 0 Å². The van der Waals surface area contributed by atoms with E-state index in [1.807, 2.05) is 0 Å². The Hall–Kier alpha value is 0.411. The van der Waals surface area contributed by atoms with Crippen LogP contribution in [0.5, 0.6) is 0 Å². The van der Waals surface area contributed by atoms with Gasteiger partial charge in [0.15, 0.2) is 0 Å². The molecule has 9 heteroatoms. The fourth-order valence-electron chi connectivity index (χ4n) is 1.24. The maximum atomic E-state index is 9.98. The van der Waals surface area contributed by atoms with Crippen molar-refractivity contribution in [2.75, 3.05) is 0 Å². The van der Waals surface area contributed by atoms with Crippen LogP contribution in [0.25, 0.3) is 0 Å². The highest BCUT2D eigenvalue weighted by Gasteiger charge is 2.62. The van der Waals surface area contributed by atoms with Crippen LogP contribution in [0.3, 0.4) is 0 Å². The van der Waals surface area contributed by atoms with E-state index in [0.717, 1.165) is 0 Å². The van der Waals surface area contributed by atoms with Crippen LogP contribution in [-0.4, -0.2) is 40.8 Å². The minimum absolute atomic E-state index is 0.265. The summed E-state index contributed by atoms with van der Waals surface area (Å²) in [6.07, 6.45) is 0. The van der Waals surface area contributed by atoms with Crippen LogP contribution in [0.4, 0.5) is 0 Å². The van der Waals surface area contributed by atoms with Crippen LogP contribution in [0.1, 0.15) is 20.8 Å². The Bertz CT molecular complexity index is 193. The highest BCUT2D eigenvalue weighted by Crippen LogP contribution is 2.31. The molecule has 0 amide bonds. The molecule has 0 radical (unpaired) electrons. The molecule has 0 spiro atoms. The Labute approximate surface area is 92.5 Å². The fraction of sp³-hybridized carbons (Fsp3) is 1.00. The minimum atomic E-state index is -3.42. The van der Waals surface area contributed by atoms with Crippen molar-refractivity contribution in [3.63, 3.8) is 0 Å². The van der Waals surface area contributed by atoms with E-state index < -0.39 is 26.4 Å². The lowest BCUT2D eigenvalue weighted by atomic mass is 11.0. The molecule has 90 valence electrons. The van der Waals surface area contributed by atoms with Gasteiger partial charge in [-0.25, -0.2) is 0 Å². The van der Waals surface area contributed by atoms with E-state index in [1.54, 1.807) is 20.8 Å². The summed E-state index contributed by atoms with van der Waals surface area (Å²) in [5.41, 5.74) is 0. The van der Waals surface area contributed by atoms with Crippen molar-refractivity contribution in [1.82, 2.24) is 0 Å². The smallest absolute Gasteiger partial charge is 0.391 e. The van der Waals surface area contributed by atoms with E-state index in [0.29, 0.717) is 0 Å². The monoisotopic (exact) mass is 270 g/mol. The van der Waals surface area contributed by atoms with Crippen LogP contribution in [0.15, 0.2) is 0 Å². The molecule has 0 saturated carbocycles. The first-order chi connectivity index (χ1) is 6.80. The Kier molecular flexibility index (Phi) is 3.91. The fourth-order valence-corrected chi connectivity index (χ4v) is 12.3. The molecule has 0 bridgehead atoms. The maximum absolute atomic E-state index is 9.98. The van der Waals surface area contributed by atoms with E-state index in [-0.39, 0.29) is 18.1 Å². The molecule has 0 aromatic heterocycles. The number of rotatable bonds is 3. The topological polar surface area (TPSA) is 88.4 Å². The quantitative estimate of drug-likeness (QED) is 0.621. The van der Waals surface area contributed by atoms with Crippen LogP contribution in [0, 0.1) is 0 Å². The molecule has 0 aromatic carbocycles. The molecule has 1 aliphatic rings. The van der Waals surface area contributed by atoms with Gasteiger partial charge in [0.1, 0.15) is 0 Å². The van der Waals surface area contributed by atoms with Gasteiger partial charge in [-0.1, -0.05) is 20.8 Å². The van der Waals surface area contributed by atoms with E-state index >= 15 is 0 Å². The third-order valence-electron chi connectivity index (χ3n) is 2.30.